The summed E-state index contributed by atoms with van der Waals surface area (Å²) in [6.45, 7) is 13.4. The number of benzene rings is 1. The van der Waals surface area contributed by atoms with Gasteiger partial charge in [0, 0.05) is 44.2 Å². The largest absolute Gasteiger partial charge is 0.481 e. The van der Waals surface area contributed by atoms with Gasteiger partial charge in [0.15, 0.2) is 6.10 Å². The molecule has 1 aliphatic carbocycles. The topological polar surface area (TPSA) is 109 Å². The number of pyridine rings is 1. The highest BCUT2D eigenvalue weighted by Crippen LogP contribution is 2.40. The minimum atomic E-state index is -1.42. The van der Waals surface area contributed by atoms with E-state index < -0.39 is 28.5 Å². The number of rotatable bonds is 9. The fourth-order valence-electron chi connectivity index (χ4n) is 4.95. The predicted molar refractivity (Wildman–Crippen MR) is 154 cm³/mol. The Hall–Kier alpha value is -2.98. The Morgan fingerprint density at radius 3 is 2.48 bits per heavy atom. The van der Waals surface area contributed by atoms with Crippen molar-refractivity contribution in [3.8, 4) is 5.75 Å². The van der Waals surface area contributed by atoms with Crippen LogP contribution in [-0.4, -0.2) is 79.7 Å². The Kier molecular flexibility index (Phi) is 9.19. The summed E-state index contributed by atoms with van der Waals surface area (Å²) in [4.78, 5) is 33.6. The minimum Gasteiger partial charge on any atom is -0.481 e. The Bertz CT molecular complexity index is 1260. The summed E-state index contributed by atoms with van der Waals surface area (Å²) < 4.78 is 25.1. The average molecular weight is 572 g/mol. The van der Waals surface area contributed by atoms with Crippen molar-refractivity contribution < 1.29 is 28.4 Å². The molecule has 10 heteroatoms. The predicted octanol–water partition coefficient (Wildman–Crippen LogP) is 5.15. The Balaban J connectivity index is 1.59. The van der Waals surface area contributed by atoms with E-state index in [1.165, 1.54) is 24.5 Å². The van der Waals surface area contributed by atoms with Crippen LogP contribution in [0.1, 0.15) is 86.7 Å². The van der Waals surface area contributed by atoms with Crippen molar-refractivity contribution in [3.63, 3.8) is 0 Å². The number of carbonyl (C=O) groups excluding carboxylic acids is 1. The standard InChI is InChI=1S/C30H41N3O6S/c1-7-40(37)27-15-23(28(34)35)19(2)14-25(27)38-26(24-11-10-22(16-31-24)21-8-9-21)18-32-12-13-33(20(3)17-32)29(36)39-30(4,5)6/h10-11,14-16,20-21,26H,7-9,12-13,17-18H2,1-6H3,(H,34,35)/t20-,26-,40?/m1/s1. The third kappa shape index (κ3) is 7.40. The molecule has 40 heavy (non-hydrogen) atoms. The lowest BCUT2D eigenvalue weighted by Crippen LogP contribution is -2.55. The van der Waals surface area contributed by atoms with Crippen LogP contribution in [0, 0.1) is 6.92 Å². The third-order valence-corrected chi connectivity index (χ3v) is 8.58. The molecule has 2 heterocycles. The molecule has 218 valence electrons. The van der Waals surface area contributed by atoms with E-state index in [1.54, 1.807) is 24.8 Å². The second-order valence-electron chi connectivity index (χ2n) is 11.7. The first-order valence-corrected chi connectivity index (χ1v) is 15.3. The van der Waals surface area contributed by atoms with Gasteiger partial charge in [-0.15, -0.1) is 0 Å². The summed E-state index contributed by atoms with van der Waals surface area (Å²) in [5, 5.41) is 9.64. The molecule has 1 saturated heterocycles. The fourth-order valence-corrected chi connectivity index (χ4v) is 5.84. The first kappa shape index (κ1) is 30.0. The monoisotopic (exact) mass is 571 g/mol. The van der Waals surface area contributed by atoms with Gasteiger partial charge in [-0.3, -0.25) is 14.1 Å². The van der Waals surface area contributed by atoms with Crippen molar-refractivity contribution >= 4 is 22.9 Å². The number of aryl methyl sites for hydroxylation is 1. The van der Waals surface area contributed by atoms with Crippen molar-refractivity contribution in [3.05, 3.63) is 52.8 Å². The van der Waals surface area contributed by atoms with E-state index in [1.807, 2.05) is 40.0 Å². The van der Waals surface area contributed by atoms with Gasteiger partial charge in [0.1, 0.15) is 11.4 Å². The number of hydrogen-bond acceptors (Lipinski definition) is 7. The molecule has 1 aromatic carbocycles. The highest BCUT2D eigenvalue weighted by Gasteiger charge is 2.33. The van der Waals surface area contributed by atoms with Gasteiger partial charge in [-0.25, -0.2) is 9.59 Å². The van der Waals surface area contributed by atoms with Gasteiger partial charge in [-0.2, -0.15) is 0 Å². The molecule has 0 bridgehead atoms. The number of carboxylic acid groups (broad SMARTS) is 1. The maximum absolute atomic E-state index is 13.0. The normalized spacial score (nSPS) is 19.6. The smallest absolute Gasteiger partial charge is 0.410 e. The van der Waals surface area contributed by atoms with Crippen molar-refractivity contribution in [1.29, 1.82) is 0 Å². The summed E-state index contributed by atoms with van der Waals surface area (Å²) >= 11 is 0. The van der Waals surface area contributed by atoms with Gasteiger partial charge < -0.3 is 19.5 Å². The number of hydrogen-bond donors (Lipinski definition) is 1. The second kappa shape index (κ2) is 12.3. The fraction of sp³-hybridized carbons (Fsp3) is 0.567. The van der Waals surface area contributed by atoms with Crippen LogP contribution in [0.25, 0.3) is 0 Å². The van der Waals surface area contributed by atoms with Crippen LogP contribution in [0.5, 0.6) is 5.75 Å². The third-order valence-electron chi connectivity index (χ3n) is 7.25. The molecule has 1 aromatic heterocycles. The SMILES string of the molecule is CCS(=O)c1cc(C(=O)O)c(C)cc1O[C@H](CN1CCN(C(=O)OC(C)(C)C)[C@H](C)C1)c1ccc(C2CC2)cn1. The van der Waals surface area contributed by atoms with Crippen LogP contribution in [0.3, 0.4) is 0 Å². The number of ether oxygens (including phenoxy) is 2. The van der Waals surface area contributed by atoms with Crippen LogP contribution in [0.2, 0.25) is 0 Å². The zero-order chi connectivity index (χ0) is 29.2. The molecule has 1 aliphatic heterocycles. The first-order valence-electron chi connectivity index (χ1n) is 14.0. The highest BCUT2D eigenvalue weighted by atomic mass is 32.2. The maximum atomic E-state index is 13.0. The molecule has 1 unspecified atom stereocenters. The summed E-state index contributed by atoms with van der Waals surface area (Å²) in [6, 6.07) is 7.17. The van der Waals surface area contributed by atoms with E-state index in [0.29, 0.717) is 54.1 Å². The van der Waals surface area contributed by atoms with Gasteiger partial charge in [0.05, 0.1) is 27.0 Å². The van der Waals surface area contributed by atoms with Crippen LogP contribution in [0.15, 0.2) is 35.4 Å². The van der Waals surface area contributed by atoms with Crippen molar-refractivity contribution in [1.82, 2.24) is 14.8 Å². The lowest BCUT2D eigenvalue weighted by molar-refractivity contribution is -0.00326. The van der Waals surface area contributed by atoms with Crippen molar-refractivity contribution in [2.24, 2.45) is 0 Å². The molecule has 9 nitrogen and oxygen atoms in total. The molecule has 4 rings (SSSR count). The van der Waals surface area contributed by atoms with E-state index in [-0.39, 0.29) is 17.7 Å². The van der Waals surface area contributed by atoms with Gasteiger partial charge in [-0.05, 0) is 82.7 Å². The molecule has 0 radical (unpaired) electrons. The van der Waals surface area contributed by atoms with Gasteiger partial charge in [0.25, 0.3) is 0 Å². The quantitative estimate of drug-likeness (QED) is 0.440. The number of carbonyl (C=O) groups is 2. The van der Waals surface area contributed by atoms with E-state index in [4.69, 9.17) is 14.5 Å². The highest BCUT2D eigenvalue weighted by molar-refractivity contribution is 7.85. The second-order valence-corrected chi connectivity index (χ2v) is 13.4. The van der Waals surface area contributed by atoms with Crippen LogP contribution < -0.4 is 4.74 Å². The molecule has 2 aliphatic rings. The first-order chi connectivity index (χ1) is 18.9. The zero-order valence-corrected chi connectivity index (χ0v) is 25.1. The number of piperazine rings is 1. The number of carboxylic acids is 1. The summed E-state index contributed by atoms with van der Waals surface area (Å²) in [5.41, 5.74) is 2.06. The Morgan fingerprint density at radius 1 is 1.20 bits per heavy atom. The summed E-state index contributed by atoms with van der Waals surface area (Å²) in [7, 11) is -1.42. The van der Waals surface area contributed by atoms with E-state index in [2.05, 4.69) is 11.0 Å². The maximum Gasteiger partial charge on any atom is 0.410 e. The van der Waals surface area contributed by atoms with Crippen molar-refractivity contribution in [2.45, 2.75) is 82.9 Å². The molecular formula is C30H41N3O6S. The summed E-state index contributed by atoms with van der Waals surface area (Å²) in [5.74, 6) is 0.250. The molecule has 2 aromatic rings. The number of nitrogens with zero attached hydrogens (tertiary/aromatic N) is 3. The molecule has 2 fully saturated rings. The number of aromatic nitrogens is 1. The molecule has 1 saturated carbocycles. The Morgan fingerprint density at radius 2 is 1.93 bits per heavy atom. The lowest BCUT2D eigenvalue weighted by Gasteiger charge is -2.41. The minimum absolute atomic E-state index is 0.0605. The molecule has 1 N–H and O–H groups in total. The molecular weight excluding hydrogens is 530 g/mol. The number of amides is 1. The molecule has 3 atom stereocenters. The lowest BCUT2D eigenvalue weighted by atomic mass is 10.1. The summed E-state index contributed by atoms with van der Waals surface area (Å²) in [6.07, 6.45) is 3.47. The number of aromatic carboxylic acids is 1. The van der Waals surface area contributed by atoms with Crippen LogP contribution in [0.4, 0.5) is 4.79 Å². The van der Waals surface area contributed by atoms with Crippen LogP contribution >= 0.6 is 0 Å². The Labute approximate surface area is 239 Å². The average Bonchev–Trinajstić information content (AvgIpc) is 3.72. The van der Waals surface area contributed by atoms with Crippen LogP contribution in [-0.2, 0) is 15.5 Å². The molecule has 1 amide bonds. The van der Waals surface area contributed by atoms with Gasteiger partial charge in [0.2, 0.25) is 0 Å². The van der Waals surface area contributed by atoms with E-state index in [9.17, 15) is 18.9 Å². The zero-order valence-electron chi connectivity index (χ0n) is 24.3. The van der Waals surface area contributed by atoms with Gasteiger partial charge in [-0.1, -0.05) is 13.0 Å². The van der Waals surface area contributed by atoms with E-state index >= 15 is 0 Å². The molecule has 0 spiro atoms. The van der Waals surface area contributed by atoms with Gasteiger partial charge >= 0.3 is 12.1 Å². The van der Waals surface area contributed by atoms with Crippen molar-refractivity contribution in [2.75, 3.05) is 31.9 Å². The van der Waals surface area contributed by atoms with E-state index in [0.717, 1.165) is 5.69 Å².